The molecule has 2 N–H and O–H groups in total. The molecule has 3 aromatic rings. The van der Waals surface area contributed by atoms with Crippen LogP contribution >= 0.6 is 0 Å². The normalized spacial score (nSPS) is 12.0. The number of aliphatic hydroxyl groups excluding tert-OH is 1. The summed E-state index contributed by atoms with van der Waals surface area (Å²) in [6.45, 7) is 3.78. The van der Waals surface area contributed by atoms with E-state index in [2.05, 4.69) is 5.32 Å². The second kappa shape index (κ2) is 10.1. The van der Waals surface area contributed by atoms with E-state index in [1.165, 1.54) is 7.11 Å². The molecule has 7 heteroatoms. The molecule has 0 aliphatic rings. The van der Waals surface area contributed by atoms with Crippen LogP contribution in [0.1, 0.15) is 20.3 Å². The third-order valence-corrected chi connectivity index (χ3v) is 4.82. The van der Waals surface area contributed by atoms with Crippen LogP contribution in [0.4, 0.5) is 0 Å². The number of carbonyl (C=O) groups is 1. The van der Waals surface area contributed by atoms with Crippen LogP contribution in [0.3, 0.4) is 0 Å². The zero-order chi connectivity index (χ0) is 22.4. The lowest BCUT2D eigenvalue weighted by Crippen LogP contribution is -2.40. The minimum Gasteiger partial charge on any atom is -0.493 e. The van der Waals surface area contributed by atoms with Gasteiger partial charge in [0.1, 0.15) is 5.75 Å². The maximum atomic E-state index is 12.5. The van der Waals surface area contributed by atoms with Crippen molar-refractivity contribution in [1.82, 2.24) is 5.32 Å². The lowest BCUT2D eigenvalue weighted by Gasteiger charge is -2.18. The van der Waals surface area contributed by atoms with E-state index in [1.54, 1.807) is 36.4 Å². The van der Waals surface area contributed by atoms with Crippen LogP contribution in [0, 0.1) is 5.92 Å². The smallest absolute Gasteiger partial charge is 0.344 e. The van der Waals surface area contributed by atoms with Crippen molar-refractivity contribution < 1.29 is 23.8 Å². The predicted molar refractivity (Wildman–Crippen MR) is 118 cm³/mol. The quantitative estimate of drug-likeness (QED) is 0.510. The van der Waals surface area contributed by atoms with Crippen molar-refractivity contribution in [1.29, 1.82) is 0 Å². The van der Waals surface area contributed by atoms with Gasteiger partial charge in [-0.1, -0.05) is 38.1 Å². The molecule has 0 aliphatic carbocycles. The summed E-state index contributed by atoms with van der Waals surface area (Å²) >= 11 is 0. The number of rotatable bonds is 9. The molecule has 0 unspecified atom stereocenters. The Balaban J connectivity index is 1.68. The molecule has 31 heavy (non-hydrogen) atoms. The van der Waals surface area contributed by atoms with E-state index < -0.39 is 5.63 Å². The van der Waals surface area contributed by atoms with Gasteiger partial charge in [-0.25, -0.2) is 4.79 Å². The van der Waals surface area contributed by atoms with Crippen LogP contribution in [0.5, 0.6) is 11.5 Å². The third kappa shape index (κ3) is 5.64. The fourth-order valence-corrected chi connectivity index (χ4v) is 3.38. The average molecular weight is 425 g/mol. The predicted octanol–water partition coefficient (Wildman–Crippen LogP) is 3.37. The number of hydrogen-bond donors (Lipinski definition) is 2. The van der Waals surface area contributed by atoms with E-state index in [1.807, 2.05) is 26.0 Å². The molecule has 0 spiro atoms. The molecule has 1 aromatic heterocycles. The van der Waals surface area contributed by atoms with Gasteiger partial charge in [-0.2, -0.15) is 0 Å². The minimum atomic E-state index is -0.467. The number of ether oxygens (including phenoxy) is 2. The lowest BCUT2D eigenvalue weighted by molar-refractivity contribution is -0.124. The lowest BCUT2D eigenvalue weighted by atomic mass is 10.0. The van der Waals surface area contributed by atoms with Crippen molar-refractivity contribution in [2.75, 3.05) is 20.3 Å². The maximum absolute atomic E-state index is 12.5. The summed E-state index contributed by atoms with van der Waals surface area (Å²) in [6, 6.07) is 13.7. The van der Waals surface area contributed by atoms with Gasteiger partial charge >= 0.3 is 5.63 Å². The Hall–Kier alpha value is -3.32. The first-order chi connectivity index (χ1) is 14.9. The maximum Gasteiger partial charge on any atom is 0.344 e. The highest BCUT2D eigenvalue weighted by Crippen LogP contribution is 2.28. The largest absolute Gasteiger partial charge is 0.493 e. The average Bonchev–Trinajstić information content (AvgIpc) is 2.76. The van der Waals surface area contributed by atoms with Gasteiger partial charge in [0.25, 0.3) is 5.91 Å². The Morgan fingerprint density at radius 3 is 2.55 bits per heavy atom. The van der Waals surface area contributed by atoms with Crippen LogP contribution in [-0.4, -0.2) is 37.4 Å². The number of carbonyl (C=O) groups excluding carboxylic acids is 1. The van der Waals surface area contributed by atoms with Crippen molar-refractivity contribution in [3.8, 4) is 22.6 Å². The number of methoxy groups -OCH3 is 1. The molecule has 2 aromatic carbocycles. The first-order valence-corrected chi connectivity index (χ1v) is 10.2. The minimum absolute atomic E-state index is 0.112. The summed E-state index contributed by atoms with van der Waals surface area (Å²) < 4.78 is 16.2. The van der Waals surface area contributed by atoms with Crippen molar-refractivity contribution in [3.63, 3.8) is 0 Å². The van der Waals surface area contributed by atoms with Gasteiger partial charge in [0.15, 0.2) is 17.9 Å². The zero-order valence-corrected chi connectivity index (χ0v) is 17.9. The number of para-hydroxylation sites is 1. The van der Waals surface area contributed by atoms with Gasteiger partial charge in [-0.3, -0.25) is 4.79 Å². The number of benzene rings is 2. The standard InChI is InChI=1S/C24H27NO6/c1-15(2)11-18(13-26)25-22(27)14-30-19-9-7-16(8-10-19)20-12-17-5-4-6-21(29-3)23(17)31-24(20)28/h4-10,12,15,18,26H,11,13-14H2,1-3H3,(H,25,27)/t18-/m1/s1. The van der Waals surface area contributed by atoms with Gasteiger partial charge in [0.2, 0.25) is 0 Å². The molecule has 0 bridgehead atoms. The second-order valence-corrected chi connectivity index (χ2v) is 7.72. The highest BCUT2D eigenvalue weighted by atomic mass is 16.5. The van der Waals surface area contributed by atoms with Gasteiger partial charge in [-0.15, -0.1) is 0 Å². The Morgan fingerprint density at radius 2 is 1.90 bits per heavy atom. The van der Waals surface area contributed by atoms with Crippen molar-refractivity contribution in [3.05, 3.63) is 59.0 Å². The molecule has 0 saturated heterocycles. The Kier molecular flexibility index (Phi) is 7.31. The Labute approximate surface area is 180 Å². The van der Waals surface area contributed by atoms with E-state index in [-0.39, 0.29) is 25.2 Å². The summed E-state index contributed by atoms with van der Waals surface area (Å²) in [4.78, 5) is 24.5. The molecule has 1 amide bonds. The van der Waals surface area contributed by atoms with E-state index >= 15 is 0 Å². The van der Waals surface area contributed by atoms with Gasteiger partial charge in [0, 0.05) is 5.39 Å². The first-order valence-electron chi connectivity index (χ1n) is 10.2. The molecule has 0 saturated carbocycles. The van der Waals surface area contributed by atoms with Gasteiger partial charge in [0.05, 0.1) is 25.3 Å². The fraction of sp³-hybridized carbons (Fsp3) is 0.333. The summed E-state index contributed by atoms with van der Waals surface area (Å²) in [7, 11) is 1.52. The fourth-order valence-electron chi connectivity index (χ4n) is 3.38. The SMILES string of the molecule is COc1cccc2cc(-c3ccc(OCC(=O)N[C@@H](CO)CC(C)C)cc3)c(=O)oc12. The molecule has 1 heterocycles. The van der Waals surface area contributed by atoms with Crippen LogP contribution < -0.4 is 20.4 Å². The number of nitrogens with one attached hydrogen (secondary N) is 1. The van der Waals surface area contributed by atoms with E-state index in [0.717, 1.165) is 5.39 Å². The monoisotopic (exact) mass is 425 g/mol. The van der Waals surface area contributed by atoms with Crippen LogP contribution in [-0.2, 0) is 4.79 Å². The summed E-state index contributed by atoms with van der Waals surface area (Å²) in [5, 5.41) is 12.9. The molecule has 3 rings (SSSR count). The molecule has 164 valence electrons. The van der Waals surface area contributed by atoms with Crippen LogP contribution in [0.25, 0.3) is 22.1 Å². The van der Waals surface area contributed by atoms with Gasteiger partial charge in [-0.05, 0) is 42.2 Å². The third-order valence-electron chi connectivity index (χ3n) is 4.82. The van der Waals surface area contributed by atoms with Crippen molar-refractivity contribution in [2.45, 2.75) is 26.3 Å². The number of hydrogen-bond acceptors (Lipinski definition) is 6. The van der Waals surface area contributed by atoms with Crippen molar-refractivity contribution >= 4 is 16.9 Å². The molecule has 1 atom stereocenters. The molecule has 0 fully saturated rings. The number of amides is 1. The van der Waals surface area contributed by atoms with Crippen molar-refractivity contribution in [2.24, 2.45) is 5.92 Å². The van der Waals surface area contributed by atoms with E-state index in [9.17, 15) is 14.7 Å². The Bertz CT molecular complexity index is 1090. The van der Waals surface area contributed by atoms with E-state index in [0.29, 0.717) is 40.5 Å². The second-order valence-electron chi connectivity index (χ2n) is 7.72. The number of aliphatic hydroxyl groups is 1. The molecular weight excluding hydrogens is 398 g/mol. The van der Waals surface area contributed by atoms with E-state index in [4.69, 9.17) is 13.9 Å². The highest BCUT2D eigenvalue weighted by Gasteiger charge is 2.14. The zero-order valence-electron chi connectivity index (χ0n) is 17.9. The Morgan fingerprint density at radius 1 is 1.16 bits per heavy atom. The summed E-state index contributed by atoms with van der Waals surface area (Å²) in [5.74, 6) is 1.06. The molecular formula is C24H27NO6. The molecule has 0 radical (unpaired) electrons. The number of fused-ring (bicyclic) bond motifs is 1. The summed E-state index contributed by atoms with van der Waals surface area (Å²) in [6.07, 6.45) is 0.692. The molecule has 7 nitrogen and oxygen atoms in total. The summed E-state index contributed by atoms with van der Waals surface area (Å²) in [5.41, 5.74) is 1.03. The van der Waals surface area contributed by atoms with Gasteiger partial charge < -0.3 is 24.3 Å². The van der Waals surface area contributed by atoms with Crippen LogP contribution in [0.15, 0.2) is 57.7 Å². The topological polar surface area (TPSA) is 98.0 Å². The highest BCUT2D eigenvalue weighted by molar-refractivity contribution is 5.86. The van der Waals surface area contributed by atoms with Crippen LogP contribution in [0.2, 0.25) is 0 Å². The first kappa shape index (κ1) is 22.4. The molecule has 0 aliphatic heterocycles.